The van der Waals surface area contributed by atoms with Crippen LogP contribution in [0.25, 0.3) is 0 Å². The van der Waals surface area contributed by atoms with E-state index in [0.29, 0.717) is 18.7 Å². The quantitative estimate of drug-likeness (QED) is 0.736. The van der Waals surface area contributed by atoms with Crippen molar-refractivity contribution in [3.05, 3.63) is 29.0 Å². The summed E-state index contributed by atoms with van der Waals surface area (Å²) in [5.74, 6) is -0.636. The first-order valence-corrected chi connectivity index (χ1v) is 7.52. The molecule has 0 unspecified atom stereocenters. The summed E-state index contributed by atoms with van der Waals surface area (Å²) in [5.41, 5.74) is 0.403. The van der Waals surface area contributed by atoms with Crippen LogP contribution in [0.1, 0.15) is 26.2 Å². The van der Waals surface area contributed by atoms with Crippen molar-refractivity contribution in [2.75, 3.05) is 31.6 Å². The number of amides is 1. The van der Waals surface area contributed by atoms with E-state index in [4.69, 9.17) is 16.7 Å². The summed E-state index contributed by atoms with van der Waals surface area (Å²) in [6, 6.07) is 3.86. The molecule has 0 aliphatic carbocycles. The van der Waals surface area contributed by atoms with Gasteiger partial charge < -0.3 is 10.4 Å². The summed E-state index contributed by atoms with van der Waals surface area (Å²) in [6.07, 6.45) is 2.67. The highest BCUT2D eigenvalue weighted by molar-refractivity contribution is 6.33. The number of rotatable bonds is 9. The topological polar surface area (TPSA) is 52.6 Å². The number of carbonyl (C=O) groups is 1. The van der Waals surface area contributed by atoms with Gasteiger partial charge >= 0.3 is 0 Å². The van der Waals surface area contributed by atoms with Crippen LogP contribution in [0.2, 0.25) is 5.02 Å². The van der Waals surface area contributed by atoms with Gasteiger partial charge in [0, 0.05) is 13.2 Å². The second-order valence-corrected chi connectivity index (χ2v) is 5.29. The average molecular weight is 317 g/mol. The predicted octanol–water partition coefficient (Wildman–Crippen LogP) is 2.90. The number of aliphatic hydroxyl groups excluding tert-OH is 1. The molecule has 0 aliphatic rings. The van der Waals surface area contributed by atoms with Crippen molar-refractivity contribution < 1.29 is 14.3 Å². The molecule has 0 aliphatic heterocycles. The monoisotopic (exact) mass is 316 g/mol. The molecule has 0 radical (unpaired) electrons. The molecule has 6 heteroatoms. The summed E-state index contributed by atoms with van der Waals surface area (Å²) in [5, 5.41) is 11.8. The lowest BCUT2D eigenvalue weighted by Crippen LogP contribution is -2.35. The zero-order chi connectivity index (χ0) is 15.7. The number of halogens is 2. The van der Waals surface area contributed by atoms with Gasteiger partial charge in [0.15, 0.2) is 0 Å². The molecule has 0 spiro atoms. The molecular weight excluding hydrogens is 295 g/mol. The molecule has 1 amide bonds. The third-order valence-corrected chi connectivity index (χ3v) is 3.35. The van der Waals surface area contributed by atoms with E-state index in [9.17, 15) is 9.18 Å². The van der Waals surface area contributed by atoms with Crippen LogP contribution in [-0.2, 0) is 4.79 Å². The van der Waals surface area contributed by atoms with Gasteiger partial charge in [-0.3, -0.25) is 9.69 Å². The fraction of sp³-hybridized carbons (Fsp3) is 0.533. The molecular formula is C15H22ClFN2O2. The Morgan fingerprint density at radius 3 is 2.71 bits per heavy atom. The summed E-state index contributed by atoms with van der Waals surface area (Å²) in [4.78, 5) is 14.0. The smallest absolute Gasteiger partial charge is 0.238 e. The van der Waals surface area contributed by atoms with Crippen molar-refractivity contribution in [2.24, 2.45) is 0 Å². The number of benzene rings is 1. The molecule has 0 aromatic heterocycles. The summed E-state index contributed by atoms with van der Waals surface area (Å²) >= 11 is 5.88. The molecule has 0 atom stereocenters. The molecule has 0 heterocycles. The summed E-state index contributed by atoms with van der Waals surface area (Å²) in [6.45, 7) is 3.90. The SMILES string of the molecule is CCCCN(CCCO)CC(=O)Nc1ccc(F)cc1Cl. The number of hydrogen-bond donors (Lipinski definition) is 2. The van der Waals surface area contributed by atoms with Crippen LogP contribution in [0.5, 0.6) is 0 Å². The minimum Gasteiger partial charge on any atom is -0.396 e. The summed E-state index contributed by atoms with van der Waals surface area (Å²) in [7, 11) is 0. The Morgan fingerprint density at radius 1 is 1.38 bits per heavy atom. The first-order chi connectivity index (χ1) is 10.1. The third kappa shape index (κ3) is 6.89. The van der Waals surface area contributed by atoms with Crippen molar-refractivity contribution in [2.45, 2.75) is 26.2 Å². The van der Waals surface area contributed by atoms with E-state index in [0.717, 1.165) is 25.5 Å². The molecule has 1 aromatic carbocycles. The van der Waals surface area contributed by atoms with Gasteiger partial charge in [0.25, 0.3) is 0 Å². The molecule has 0 saturated heterocycles. The first kappa shape index (κ1) is 17.9. The number of hydrogen-bond acceptors (Lipinski definition) is 3. The molecule has 1 rings (SSSR count). The minimum absolute atomic E-state index is 0.105. The Hall–Kier alpha value is -1.17. The first-order valence-electron chi connectivity index (χ1n) is 7.15. The highest BCUT2D eigenvalue weighted by atomic mass is 35.5. The molecule has 4 nitrogen and oxygen atoms in total. The fourth-order valence-electron chi connectivity index (χ4n) is 1.93. The Bertz CT molecular complexity index is 449. The van der Waals surface area contributed by atoms with E-state index in [1.165, 1.54) is 12.1 Å². The van der Waals surface area contributed by atoms with Gasteiger partial charge in [-0.25, -0.2) is 4.39 Å². The van der Waals surface area contributed by atoms with Gasteiger partial charge in [-0.2, -0.15) is 0 Å². The maximum absolute atomic E-state index is 12.9. The molecule has 21 heavy (non-hydrogen) atoms. The second kappa shape index (κ2) is 9.71. The largest absolute Gasteiger partial charge is 0.396 e. The summed E-state index contributed by atoms with van der Waals surface area (Å²) < 4.78 is 12.9. The standard InChI is InChI=1S/C15H22ClFN2O2/c1-2-3-7-19(8-4-9-20)11-15(21)18-14-6-5-12(17)10-13(14)16/h5-6,10,20H,2-4,7-9,11H2,1H3,(H,18,21). The number of carbonyl (C=O) groups excluding carboxylic acids is 1. The number of aliphatic hydroxyl groups is 1. The average Bonchev–Trinajstić information content (AvgIpc) is 2.45. The Balaban J connectivity index is 2.55. The van der Waals surface area contributed by atoms with E-state index < -0.39 is 5.82 Å². The lowest BCUT2D eigenvalue weighted by atomic mass is 10.2. The maximum atomic E-state index is 12.9. The van der Waals surface area contributed by atoms with E-state index in [1.807, 2.05) is 4.90 Å². The van der Waals surface area contributed by atoms with Gasteiger partial charge in [-0.1, -0.05) is 24.9 Å². The van der Waals surface area contributed by atoms with Crippen LogP contribution < -0.4 is 5.32 Å². The van der Waals surface area contributed by atoms with Crippen molar-refractivity contribution in [3.8, 4) is 0 Å². The van der Waals surface area contributed by atoms with Crippen LogP contribution in [0.15, 0.2) is 18.2 Å². The van der Waals surface area contributed by atoms with Gasteiger partial charge in [0.1, 0.15) is 5.82 Å². The van der Waals surface area contributed by atoms with Crippen LogP contribution >= 0.6 is 11.6 Å². The van der Waals surface area contributed by atoms with Gasteiger partial charge in [0.2, 0.25) is 5.91 Å². The molecule has 0 fully saturated rings. The molecule has 1 aromatic rings. The zero-order valence-corrected chi connectivity index (χ0v) is 13.0. The molecule has 118 valence electrons. The number of nitrogens with one attached hydrogen (secondary N) is 1. The second-order valence-electron chi connectivity index (χ2n) is 4.88. The Morgan fingerprint density at radius 2 is 2.10 bits per heavy atom. The van der Waals surface area contributed by atoms with Crippen LogP contribution in [0.4, 0.5) is 10.1 Å². The highest BCUT2D eigenvalue weighted by Crippen LogP contribution is 2.22. The van der Waals surface area contributed by atoms with Gasteiger partial charge in [-0.05, 0) is 37.6 Å². The lowest BCUT2D eigenvalue weighted by molar-refractivity contribution is -0.117. The number of unbranched alkanes of at least 4 members (excludes halogenated alkanes) is 1. The van der Waals surface area contributed by atoms with E-state index in [1.54, 1.807) is 0 Å². The van der Waals surface area contributed by atoms with Crippen LogP contribution in [0, 0.1) is 5.82 Å². The van der Waals surface area contributed by atoms with Crippen molar-refractivity contribution in [1.29, 1.82) is 0 Å². The number of anilines is 1. The van der Waals surface area contributed by atoms with E-state index in [2.05, 4.69) is 12.2 Å². The molecule has 2 N–H and O–H groups in total. The predicted molar refractivity (Wildman–Crippen MR) is 83.1 cm³/mol. The van der Waals surface area contributed by atoms with Crippen molar-refractivity contribution >= 4 is 23.2 Å². The van der Waals surface area contributed by atoms with Gasteiger partial charge in [0.05, 0.1) is 17.3 Å². The fourth-order valence-corrected chi connectivity index (χ4v) is 2.14. The molecule has 0 bridgehead atoms. The Labute approximate surface area is 129 Å². The van der Waals surface area contributed by atoms with Crippen LogP contribution in [-0.4, -0.2) is 42.2 Å². The highest BCUT2D eigenvalue weighted by Gasteiger charge is 2.12. The lowest BCUT2D eigenvalue weighted by Gasteiger charge is -2.21. The van der Waals surface area contributed by atoms with Gasteiger partial charge in [-0.15, -0.1) is 0 Å². The van der Waals surface area contributed by atoms with E-state index >= 15 is 0 Å². The number of nitrogens with zero attached hydrogens (tertiary/aromatic N) is 1. The normalized spacial score (nSPS) is 10.9. The van der Waals surface area contributed by atoms with Crippen molar-refractivity contribution in [1.82, 2.24) is 4.90 Å². The van der Waals surface area contributed by atoms with Crippen LogP contribution in [0.3, 0.4) is 0 Å². The van der Waals surface area contributed by atoms with E-state index in [-0.39, 0.29) is 24.1 Å². The zero-order valence-electron chi connectivity index (χ0n) is 12.2. The Kier molecular flexibility index (Phi) is 8.27. The van der Waals surface area contributed by atoms with Crippen molar-refractivity contribution in [3.63, 3.8) is 0 Å². The minimum atomic E-state index is -0.439. The third-order valence-electron chi connectivity index (χ3n) is 3.03. The molecule has 0 saturated carbocycles. The maximum Gasteiger partial charge on any atom is 0.238 e.